The molecular formula is C24H29N5O2S. The summed E-state index contributed by atoms with van der Waals surface area (Å²) in [5.74, 6) is -0.101. The van der Waals surface area contributed by atoms with Gasteiger partial charge in [-0.3, -0.25) is 4.79 Å². The minimum absolute atomic E-state index is 0.101. The molecule has 2 aromatic heterocycles. The van der Waals surface area contributed by atoms with Crippen molar-refractivity contribution in [3.63, 3.8) is 0 Å². The number of hydrogen-bond acceptors (Lipinski definition) is 7. The van der Waals surface area contributed by atoms with Crippen molar-refractivity contribution in [1.29, 1.82) is 0 Å². The van der Waals surface area contributed by atoms with Crippen LogP contribution in [0, 0.1) is 0 Å². The first-order chi connectivity index (χ1) is 15.6. The summed E-state index contributed by atoms with van der Waals surface area (Å²) in [6.45, 7) is 2.63. The number of aromatic nitrogens is 1. The van der Waals surface area contributed by atoms with Crippen LogP contribution >= 0.6 is 11.3 Å². The number of thiophene rings is 1. The van der Waals surface area contributed by atoms with E-state index in [9.17, 15) is 9.90 Å². The number of fused-ring (bicyclic) bond motifs is 3. The number of nitrogens with one attached hydrogen (secondary N) is 3. The lowest BCUT2D eigenvalue weighted by molar-refractivity contribution is 0.0959. The molecule has 4 N–H and O–H groups in total. The number of anilines is 2. The normalized spacial score (nSPS) is 20.0. The summed E-state index contributed by atoms with van der Waals surface area (Å²) in [7, 11) is 1.81. The third-order valence-corrected chi connectivity index (χ3v) is 7.55. The molecule has 4 heterocycles. The van der Waals surface area contributed by atoms with Gasteiger partial charge >= 0.3 is 0 Å². The van der Waals surface area contributed by atoms with Crippen LogP contribution in [0.3, 0.4) is 0 Å². The fraction of sp³-hybridized carbons (Fsp3) is 0.417. The van der Waals surface area contributed by atoms with Crippen LogP contribution in [0.5, 0.6) is 0 Å². The van der Waals surface area contributed by atoms with Gasteiger partial charge in [0.05, 0.1) is 18.0 Å². The van der Waals surface area contributed by atoms with Crippen LogP contribution in [0.15, 0.2) is 36.4 Å². The largest absolute Gasteiger partial charge is 0.390 e. The number of rotatable bonds is 7. The highest BCUT2D eigenvalue weighted by Crippen LogP contribution is 2.34. The molecule has 3 aromatic rings. The van der Waals surface area contributed by atoms with Gasteiger partial charge in [0.1, 0.15) is 9.71 Å². The van der Waals surface area contributed by atoms with E-state index in [1.807, 2.05) is 13.1 Å². The van der Waals surface area contributed by atoms with Gasteiger partial charge in [-0.15, -0.1) is 11.3 Å². The molecule has 1 amide bonds. The van der Waals surface area contributed by atoms with Crippen molar-refractivity contribution in [2.24, 2.45) is 0 Å². The Hall–Kier alpha value is -2.68. The number of piperazine rings is 1. The number of amides is 1. The summed E-state index contributed by atoms with van der Waals surface area (Å²) in [6.07, 6.45) is 3.35. The van der Waals surface area contributed by atoms with Crippen LogP contribution in [0.4, 0.5) is 11.4 Å². The lowest BCUT2D eigenvalue weighted by Crippen LogP contribution is -2.51. The van der Waals surface area contributed by atoms with E-state index < -0.39 is 0 Å². The number of aliphatic hydroxyl groups is 1. The lowest BCUT2D eigenvalue weighted by atomic mass is 10.1. The second kappa shape index (κ2) is 9.05. The number of hydrogen-bond donors (Lipinski definition) is 4. The Morgan fingerprint density at radius 1 is 1.19 bits per heavy atom. The Bertz CT molecular complexity index is 1100. The number of aliphatic hydroxyl groups excluding tert-OH is 1. The molecule has 0 unspecified atom stereocenters. The highest BCUT2D eigenvalue weighted by Gasteiger charge is 2.32. The molecule has 0 saturated carbocycles. The molecule has 2 saturated heterocycles. The summed E-state index contributed by atoms with van der Waals surface area (Å²) in [5.41, 5.74) is 3.89. The number of nitrogens with zero attached hydrogens (tertiary/aromatic N) is 2. The summed E-state index contributed by atoms with van der Waals surface area (Å²) >= 11 is 1.35. The molecule has 7 nitrogen and oxygen atoms in total. The fourth-order valence-corrected chi connectivity index (χ4v) is 5.91. The molecule has 5 rings (SSSR count). The zero-order valence-corrected chi connectivity index (χ0v) is 19.0. The van der Waals surface area contributed by atoms with E-state index in [-0.39, 0.29) is 12.5 Å². The van der Waals surface area contributed by atoms with Crippen LogP contribution < -0.4 is 20.9 Å². The smallest absolute Gasteiger partial charge is 0.263 e. The van der Waals surface area contributed by atoms with Crippen molar-refractivity contribution in [3.05, 3.63) is 52.5 Å². The van der Waals surface area contributed by atoms with Gasteiger partial charge in [-0.1, -0.05) is 12.1 Å². The fourth-order valence-electron chi connectivity index (χ4n) is 4.79. The summed E-state index contributed by atoms with van der Waals surface area (Å²) < 4.78 is 0. The second-order valence-electron chi connectivity index (χ2n) is 8.58. The molecular weight excluding hydrogens is 422 g/mol. The zero-order valence-electron chi connectivity index (χ0n) is 18.2. The van der Waals surface area contributed by atoms with Crippen molar-refractivity contribution >= 4 is 38.8 Å². The SMILES string of the molecule is CNc1c(C(=O)NCCc2ccc(N3C[C@H]4CC[C@@H](C3)N4)cc2)sc2nc(CO)ccc12. The maximum Gasteiger partial charge on any atom is 0.263 e. The molecule has 1 aromatic carbocycles. The molecule has 0 aliphatic carbocycles. The Morgan fingerprint density at radius 3 is 2.62 bits per heavy atom. The maximum absolute atomic E-state index is 12.8. The van der Waals surface area contributed by atoms with Gasteiger partial charge in [-0.25, -0.2) is 4.98 Å². The van der Waals surface area contributed by atoms with Gasteiger partial charge in [0.25, 0.3) is 5.91 Å². The topological polar surface area (TPSA) is 89.5 Å². The van der Waals surface area contributed by atoms with Crippen LogP contribution in [0.2, 0.25) is 0 Å². The maximum atomic E-state index is 12.8. The molecule has 0 radical (unpaired) electrons. The molecule has 0 spiro atoms. The zero-order chi connectivity index (χ0) is 22.1. The van der Waals surface area contributed by atoms with Crippen molar-refractivity contribution in [3.8, 4) is 0 Å². The van der Waals surface area contributed by atoms with Gasteiger partial charge in [0.2, 0.25) is 0 Å². The number of benzene rings is 1. The molecule has 32 heavy (non-hydrogen) atoms. The van der Waals surface area contributed by atoms with E-state index >= 15 is 0 Å². The molecule has 2 aliphatic rings. The van der Waals surface area contributed by atoms with Crippen molar-refractivity contribution in [2.45, 2.75) is 38.0 Å². The van der Waals surface area contributed by atoms with Gasteiger partial charge in [0, 0.05) is 49.8 Å². The van der Waals surface area contributed by atoms with Crippen LogP contribution in [-0.4, -0.2) is 54.8 Å². The van der Waals surface area contributed by atoms with Gasteiger partial charge in [-0.05, 0) is 49.1 Å². The van der Waals surface area contributed by atoms with Crippen molar-refractivity contribution in [2.75, 3.05) is 36.9 Å². The summed E-state index contributed by atoms with van der Waals surface area (Å²) in [5, 5.41) is 20.1. The summed E-state index contributed by atoms with van der Waals surface area (Å²) in [4.78, 5) is 21.1. The van der Waals surface area contributed by atoms with Crippen LogP contribution in [0.1, 0.15) is 33.8 Å². The first-order valence-electron chi connectivity index (χ1n) is 11.2. The van der Waals surface area contributed by atoms with Crippen molar-refractivity contribution < 1.29 is 9.90 Å². The average Bonchev–Trinajstić information content (AvgIpc) is 3.37. The van der Waals surface area contributed by atoms with Crippen LogP contribution in [-0.2, 0) is 13.0 Å². The Kier molecular flexibility index (Phi) is 5.99. The number of pyridine rings is 1. The van der Waals surface area contributed by atoms with Gasteiger partial charge in [0.15, 0.2) is 0 Å². The second-order valence-corrected chi connectivity index (χ2v) is 9.58. The van der Waals surface area contributed by atoms with E-state index in [1.165, 1.54) is 35.4 Å². The van der Waals surface area contributed by atoms with Gasteiger partial charge in [-0.2, -0.15) is 0 Å². The van der Waals surface area contributed by atoms with Crippen molar-refractivity contribution in [1.82, 2.24) is 15.6 Å². The molecule has 2 fully saturated rings. The quantitative estimate of drug-likeness (QED) is 0.442. The Morgan fingerprint density at radius 2 is 1.94 bits per heavy atom. The highest BCUT2D eigenvalue weighted by molar-refractivity contribution is 7.21. The van der Waals surface area contributed by atoms with E-state index in [1.54, 1.807) is 6.07 Å². The van der Waals surface area contributed by atoms with Gasteiger partial charge < -0.3 is 26.0 Å². The average molecular weight is 452 g/mol. The van der Waals surface area contributed by atoms with Crippen LogP contribution in [0.25, 0.3) is 10.2 Å². The Balaban J connectivity index is 1.20. The van der Waals surface area contributed by atoms with E-state index in [2.05, 4.69) is 50.1 Å². The highest BCUT2D eigenvalue weighted by atomic mass is 32.1. The molecule has 8 heteroatoms. The minimum atomic E-state index is -0.112. The van der Waals surface area contributed by atoms with E-state index in [4.69, 9.17) is 0 Å². The van der Waals surface area contributed by atoms with E-state index in [0.29, 0.717) is 29.2 Å². The van der Waals surface area contributed by atoms with E-state index in [0.717, 1.165) is 35.4 Å². The predicted octanol–water partition coefficient (Wildman–Crippen LogP) is 2.74. The molecule has 2 atom stereocenters. The minimum Gasteiger partial charge on any atom is -0.390 e. The standard InChI is InChI=1S/C24H29N5O2S/c1-25-21-20-9-6-18(14-30)28-24(20)32-22(21)23(31)26-11-10-15-2-7-19(8-3-15)29-12-16-4-5-17(13-29)27-16/h2-3,6-9,16-17,25,27,30H,4-5,10-14H2,1H3,(H,26,31)/t16-,17+. The monoisotopic (exact) mass is 451 g/mol. The molecule has 2 aliphatic heterocycles. The third kappa shape index (κ3) is 4.18. The first-order valence-corrected chi connectivity index (χ1v) is 12.1. The number of carbonyl (C=O) groups is 1. The Labute approximate surface area is 191 Å². The number of carbonyl (C=O) groups excluding carboxylic acids is 1. The molecule has 2 bridgehead atoms. The third-order valence-electron chi connectivity index (χ3n) is 6.45. The first kappa shape index (κ1) is 21.2. The lowest BCUT2D eigenvalue weighted by Gasteiger charge is -2.34. The summed E-state index contributed by atoms with van der Waals surface area (Å²) in [6, 6.07) is 13.7. The predicted molar refractivity (Wildman–Crippen MR) is 130 cm³/mol. The molecule has 168 valence electrons.